The van der Waals surface area contributed by atoms with E-state index >= 15 is 0 Å². The number of alkyl carbamates (subject to hydrolysis) is 1. The lowest BCUT2D eigenvalue weighted by molar-refractivity contribution is -0.123. The third kappa shape index (κ3) is 4.67. The number of carbonyl (C=O) groups excluding carboxylic acids is 3. The molecule has 0 radical (unpaired) electrons. The Balaban J connectivity index is 1.53. The van der Waals surface area contributed by atoms with Crippen LogP contribution in [0.1, 0.15) is 37.3 Å². The smallest absolute Gasteiger partial charge is 0.414 e. The van der Waals surface area contributed by atoms with E-state index in [1.54, 1.807) is 13.0 Å². The number of aryl methyl sites for hydroxylation is 1. The summed E-state index contributed by atoms with van der Waals surface area (Å²) in [5.41, 5.74) is 4.15. The first kappa shape index (κ1) is 25.3. The highest BCUT2D eigenvalue weighted by Gasteiger charge is 2.51. The number of hydrogen-bond donors (Lipinski definition) is 3. The summed E-state index contributed by atoms with van der Waals surface area (Å²) in [4.78, 5) is 35.9. The highest BCUT2D eigenvalue weighted by molar-refractivity contribution is 6.47. The Kier molecular flexibility index (Phi) is 7.06. The van der Waals surface area contributed by atoms with Gasteiger partial charge in [-0.25, -0.2) is 4.79 Å². The molecule has 10 nitrogen and oxygen atoms in total. The highest BCUT2D eigenvalue weighted by atomic mass is 35.5. The molecule has 1 saturated carbocycles. The SMILES string of the molecule is CCOC(=O)NC(=O)C(C#N)=NNc1cc(Cl)c(Oc2cc3c(cc2C)NC(=O)C32CCC2)c(Cl)c1. The van der Waals surface area contributed by atoms with Gasteiger partial charge in [0.25, 0.3) is 5.91 Å². The van der Waals surface area contributed by atoms with Gasteiger partial charge in [0, 0.05) is 5.69 Å². The van der Waals surface area contributed by atoms with Crippen LogP contribution in [0.4, 0.5) is 16.2 Å². The van der Waals surface area contributed by atoms with Crippen molar-refractivity contribution in [2.75, 3.05) is 17.3 Å². The molecule has 4 rings (SSSR count). The second-order valence-corrected chi connectivity index (χ2v) is 9.10. The normalized spacial score (nSPS) is 15.3. The number of carbonyl (C=O) groups is 3. The standard InChI is InChI=1S/C24H21Cl2N5O5/c1-3-35-23(34)29-21(32)18(11-27)31-30-13-8-15(25)20(16(26)9-13)36-19-10-14-17(7-12(19)2)28-22(33)24(14)5-4-6-24/h7-10,30H,3-6H2,1-2H3,(H,28,33)(H,29,32,34). The summed E-state index contributed by atoms with van der Waals surface area (Å²) in [7, 11) is 0. The largest absolute Gasteiger partial charge is 0.454 e. The predicted molar refractivity (Wildman–Crippen MR) is 134 cm³/mol. The number of hydrogen-bond acceptors (Lipinski definition) is 8. The Hall–Kier alpha value is -3.81. The molecule has 2 aromatic rings. The summed E-state index contributed by atoms with van der Waals surface area (Å²) in [5.74, 6) is -0.317. The molecule has 1 aliphatic carbocycles. The van der Waals surface area contributed by atoms with E-state index in [9.17, 15) is 19.6 Å². The zero-order chi connectivity index (χ0) is 26.0. The van der Waals surface area contributed by atoms with E-state index < -0.39 is 23.1 Å². The van der Waals surface area contributed by atoms with Crippen molar-refractivity contribution in [2.45, 2.75) is 38.5 Å². The number of imide groups is 1. The molecule has 1 spiro atoms. The van der Waals surface area contributed by atoms with E-state index in [2.05, 4.69) is 20.6 Å². The van der Waals surface area contributed by atoms with Crippen LogP contribution in [0.5, 0.6) is 11.5 Å². The average Bonchev–Trinajstić information content (AvgIpc) is 3.07. The molecule has 3 N–H and O–H groups in total. The van der Waals surface area contributed by atoms with Crippen LogP contribution in [-0.2, 0) is 19.7 Å². The number of halogens is 2. The van der Waals surface area contributed by atoms with Crippen LogP contribution in [0.2, 0.25) is 10.0 Å². The number of ether oxygens (including phenoxy) is 2. The summed E-state index contributed by atoms with van der Waals surface area (Å²) in [6, 6.07) is 8.21. The summed E-state index contributed by atoms with van der Waals surface area (Å²) in [5, 5.41) is 18.0. The van der Waals surface area contributed by atoms with Crippen LogP contribution in [0.15, 0.2) is 29.4 Å². The molecule has 0 saturated heterocycles. The molecule has 12 heteroatoms. The molecule has 0 aromatic heterocycles. The van der Waals surface area contributed by atoms with Crippen molar-refractivity contribution in [3.05, 3.63) is 45.4 Å². The first-order valence-corrected chi connectivity index (χ1v) is 11.8. The molecular weight excluding hydrogens is 509 g/mol. The summed E-state index contributed by atoms with van der Waals surface area (Å²) < 4.78 is 10.7. The minimum atomic E-state index is -1.04. The van der Waals surface area contributed by atoms with Gasteiger partial charge < -0.3 is 14.8 Å². The van der Waals surface area contributed by atoms with Gasteiger partial charge in [0.05, 0.1) is 27.8 Å². The minimum Gasteiger partial charge on any atom is -0.454 e. The summed E-state index contributed by atoms with van der Waals surface area (Å²) >= 11 is 12.8. The fourth-order valence-electron chi connectivity index (χ4n) is 4.09. The Bertz CT molecular complexity index is 1320. The Morgan fingerprint density at radius 3 is 2.50 bits per heavy atom. The van der Waals surface area contributed by atoms with E-state index in [-0.39, 0.29) is 34.0 Å². The Labute approximate surface area is 216 Å². The maximum atomic E-state index is 12.5. The lowest BCUT2D eigenvalue weighted by Gasteiger charge is -2.36. The van der Waals surface area contributed by atoms with Gasteiger partial charge in [-0.3, -0.25) is 20.3 Å². The maximum absolute atomic E-state index is 12.5. The number of hydrazone groups is 1. The van der Waals surface area contributed by atoms with Crippen molar-refractivity contribution in [3.8, 4) is 17.6 Å². The molecule has 3 amide bonds. The number of anilines is 2. The molecule has 2 aromatic carbocycles. The summed E-state index contributed by atoms with van der Waals surface area (Å²) in [6.45, 7) is 3.48. The second-order valence-electron chi connectivity index (χ2n) is 8.28. The van der Waals surface area contributed by atoms with Gasteiger partial charge >= 0.3 is 6.09 Å². The maximum Gasteiger partial charge on any atom is 0.414 e. The van der Waals surface area contributed by atoms with Crippen LogP contribution in [0, 0.1) is 18.3 Å². The number of fused-ring (bicyclic) bond motifs is 2. The van der Waals surface area contributed by atoms with Crippen LogP contribution in [0.25, 0.3) is 0 Å². The quantitative estimate of drug-likeness (QED) is 0.351. The van der Waals surface area contributed by atoms with Gasteiger partial charge in [-0.05, 0) is 62.1 Å². The number of nitrogens with one attached hydrogen (secondary N) is 3. The van der Waals surface area contributed by atoms with Gasteiger partial charge in [-0.15, -0.1) is 0 Å². The lowest BCUT2D eigenvalue weighted by Crippen LogP contribution is -2.40. The molecule has 0 atom stereocenters. The van der Waals surface area contributed by atoms with Crippen LogP contribution < -0.4 is 20.8 Å². The van der Waals surface area contributed by atoms with Crippen molar-refractivity contribution < 1.29 is 23.9 Å². The van der Waals surface area contributed by atoms with Crippen LogP contribution in [0.3, 0.4) is 0 Å². The minimum absolute atomic E-state index is 0.0139. The average molecular weight is 530 g/mol. The van der Waals surface area contributed by atoms with Gasteiger partial charge in [0.15, 0.2) is 5.75 Å². The number of nitrogens with zero attached hydrogens (tertiary/aromatic N) is 2. The van der Waals surface area contributed by atoms with Gasteiger partial charge in [0.1, 0.15) is 11.8 Å². The molecule has 1 heterocycles. The first-order chi connectivity index (χ1) is 17.2. The van der Waals surface area contributed by atoms with E-state index in [1.807, 2.05) is 24.4 Å². The lowest BCUT2D eigenvalue weighted by atomic mass is 9.65. The monoisotopic (exact) mass is 529 g/mol. The molecule has 0 unspecified atom stereocenters. The number of amides is 3. The Morgan fingerprint density at radius 2 is 1.92 bits per heavy atom. The zero-order valence-corrected chi connectivity index (χ0v) is 20.8. The number of rotatable bonds is 6. The van der Waals surface area contributed by atoms with Crippen molar-refractivity contribution in [2.24, 2.45) is 5.10 Å². The van der Waals surface area contributed by atoms with E-state index in [1.165, 1.54) is 12.1 Å². The molecular formula is C24H21Cl2N5O5. The predicted octanol–water partition coefficient (Wildman–Crippen LogP) is 5.03. The van der Waals surface area contributed by atoms with Gasteiger partial charge in [0.2, 0.25) is 11.6 Å². The Morgan fingerprint density at radius 1 is 1.22 bits per heavy atom. The molecule has 1 fully saturated rings. The van der Waals surface area contributed by atoms with E-state index in [0.717, 1.165) is 36.1 Å². The first-order valence-electron chi connectivity index (χ1n) is 11.0. The second kappa shape index (κ2) is 10.0. The molecule has 2 aliphatic rings. The van der Waals surface area contributed by atoms with Crippen molar-refractivity contribution in [1.82, 2.24) is 5.32 Å². The fourth-order valence-corrected chi connectivity index (χ4v) is 4.65. The fraction of sp³-hybridized carbons (Fsp3) is 0.292. The van der Waals surface area contributed by atoms with E-state index in [4.69, 9.17) is 27.9 Å². The highest BCUT2D eigenvalue weighted by Crippen LogP contribution is 2.53. The molecule has 1 aliphatic heterocycles. The van der Waals surface area contributed by atoms with Crippen LogP contribution >= 0.6 is 23.2 Å². The van der Waals surface area contributed by atoms with Gasteiger partial charge in [-0.1, -0.05) is 29.6 Å². The van der Waals surface area contributed by atoms with Crippen LogP contribution in [-0.4, -0.2) is 30.2 Å². The van der Waals surface area contributed by atoms with E-state index in [0.29, 0.717) is 5.75 Å². The van der Waals surface area contributed by atoms with Gasteiger partial charge in [-0.2, -0.15) is 10.4 Å². The third-order valence-corrected chi connectivity index (χ3v) is 6.60. The third-order valence-electron chi connectivity index (χ3n) is 6.04. The topological polar surface area (TPSA) is 142 Å². The van der Waals surface area contributed by atoms with Crippen molar-refractivity contribution in [1.29, 1.82) is 5.26 Å². The number of benzene rings is 2. The molecule has 0 bridgehead atoms. The molecule has 186 valence electrons. The summed E-state index contributed by atoms with van der Waals surface area (Å²) in [6.07, 6.45) is 1.57. The van der Waals surface area contributed by atoms with Crippen molar-refractivity contribution >= 4 is 58.2 Å². The van der Waals surface area contributed by atoms with Crippen molar-refractivity contribution in [3.63, 3.8) is 0 Å². The zero-order valence-electron chi connectivity index (χ0n) is 19.3. The number of nitriles is 1. The molecule has 36 heavy (non-hydrogen) atoms.